The van der Waals surface area contributed by atoms with E-state index in [1.54, 1.807) is 19.1 Å². The molecule has 0 fully saturated rings. The van der Waals surface area contributed by atoms with Crippen LogP contribution in [-0.2, 0) is 16.6 Å². The van der Waals surface area contributed by atoms with E-state index in [4.69, 9.17) is 5.11 Å². The molecule has 0 aromatic heterocycles. The normalized spacial score (nSPS) is 11.4. The van der Waals surface area contributed by atoms with Crippen LogP contribution in [0.1, 0.15) is 11.1 Å². The van der Waals surface area contributed by atoms with E-state index in [1.807, 2.05) is 0 Å². The summed E-state index contributed by atoms with van der Waals surface area (Å²) in [5.41, 5.74) is 1.30. The molecule has 0 saturated carbocycles. The summed E-state index contributed by atoms with van der Waals surface area (Å²) in [6.07, 6.45) is 0. The molecular formula is C14H13BrFNO3S. The lowest BCUT2D eigenvalue weighted by Crippen LogP contribution is -2.14. The molecule has 2 N–H and O–H groups in total. The van der Waals surface area contributed by atoms with Crippen LogP contribution in [0.5, 0.6) is 0 Å². The average molecular weight is 374 g/mol. The zero-order chi connectivity index (χ0) is 15.6. The van der Waals surface area contributed by atoms with Crippen LogP contribution in [0, 0.1) is 12.7 Å². The van der Waals surface area contributed by atoms with Gasteiger partial charge in [-0.3, -0.25) is 4.72 Å². The average Bonchev–Trinajstić information content (AvgIpc) is 2.43. The lowest BCUT2D eigenvalue weighted by molar-refractivity contribution is 0.281. The SMILES string of the molecule is Cc1ccc(CO)cc1S(=O)(=O)Nc1ccc(F)c(Br)c1. The fraction of sp³-hybridized carbons (Fsp3) is 0.143. The van der Waals surface area contributed by atoms with Crippen molar-refractivity contribution in [3.63, 3.8) is 0 Å². The molecule has 2 aromatic rings. The van der Waals surface area contributed by atoms with Gasteiger partial charge in [0.15, 0.2) is 0 Å². The third kappa shape index (κ3) is 3.61. The molecule has 0 aliphatic carbocycles. The van der Waals surface area contributed by atoms with Crippen molar-refractivity contribution in [1.82, 2.24) is 0 Å². The van der Waals surface area contributed by atoms with Crippen LogP contribution in [0.3, 0.4) is 0 Å². The lowest BCUT2D eigenvalue weighted by Gasteiger charge is -2.12. The van der Waals surface area contributed by atoms with Crippen molar-refractivity contribution in [1.29, 1.82) is 0 Å². The summed E-state index contributed by atoms with van der Waals surface area (Å²) < 4.78 is 40.5. The number of aliphatic hydroxyl groups is 1. The van der Waals surface area contributed by atoms with Gasteiger partial charge < -0.3 is 5.11 Å². The van der Waals surface area contributed by atoms with Crippen molar-refractivity contribution in [2.75, 3.05) is 4.72 Å². The van der Waals surface area contributed by atoms with E-state index in [0.29, 0.717) is 11.1 Å². The first-order valence-electron chi connectivity index (χ1n) is 6.02. The molecule has 0 unspecified atom stereocenters. The largest absolute Gasteiger partial charge is 0.392 e. The maximum absolute atomic E-state index is 13.2. The zero-order valence-electron chi connectivity index (χ0n) is 11.1. The van der Waals surface area contributed by atoms with E-state index in [-0.39, 0.29) is 21.7 Å². The number of aliphatic hydroxyl groups excluding tert-OH is 1. The van der Waals surface area contributed by atoms with Gasteiger partial charge in [0.25, 0.3) is 10.0 Å². The third-order valence-corrected chi connectivity index (χ3v) is 5.03. The molecule has 0 bridgehead atoms. The second kappa shape index (κ2) is 6.13. The van der Waals surface area contributed by atoms with Crippen molar-refractivity contribution in [2.45, 2.75) is 18.4 Å². The fourth-order valence-electron chi connectivity index (χ4n) is 1.80. The number of sulfonamides is 1. The molecule has 0 aliphatic rings. The van der Waals surface area contributed by atoms with Gasteiger partial charge in [0.1, 0.15) is 5.82 Å². The van der Waals surface area contributed by atoms with Gasteiger partial charge in [-0.2, -0.15) is 0 Å². The van der Waals surface area contributed by atoms with Crippen molar-refractivity contribution in [2.24, 2.45) is 0 Å². The van der Waals surface area contributed by atoms with E-state index in [1.165, 1.54) is 24.3 Å². The Morgan fingerprint density at radius 2 is 1.95 bits per heavy atom. The molecule has 0 aliphatic heterocycles. The molecule has 21 heavy (non-hydrogen) atoms. The van der Waals surface area contributed by atoms with E-state index in [9.17, 15) is 12.8 Å². The van der Waals surface area contributed by atoms with Crippen LogP contribution in [0.25, 0.3) is 0 Å². The minimum absolute atomic E-state index is 0.0782. The summed E-state index contributed by atoms with van der Waals surface area (Å²) in [6, 6.07) is 8.54. The number of nitrogens with one attached hydrogen (secondary N) is 1. The van der Waals surface area contributed by atoms with Crippen LogP contribution < -0.4 is 4.72 Å². The van der Waals surface area contributed by atoms with Crippen molar-refractivity contribution in [3.05, 3.63) is 57.8 Å². The molecule has 2 aromatic carbocycles. The number of aryl methyl sites for hydroxylation is 1. The number of rotatable bonds is 4. The Morgan fingerprint density at radius 3 is 2.57 bits per heavy atom. The topological polar surface area (TPSA) is 66.4 Å². The van der Waals surface area contributed by atoms with Gasteiger partial charge in [0, 0.05) is 0 Å². The first kappa shape index (κ1) is 15.9. The van der Waals surface area contributed by atoms with Gasteiger partial charge in [0.05, 0.1) is 21.7 Å². The Hall–Kier alpha value is -1.44. The Balaban J connectivity index is 2.40. The summed E-state index contributed by atoms with van der Waals surface area (Å²) in [7, 11) is -3.81. The Morgan fingerprint density at radius 1 is 1.24 bits per heavy atom. The quantitative estimate of drug-likeness (QED) is 0.864. The highest BCUT2D eigenvalue weighted by Gasteiger charge is 2.18. The standard InChI is InChI=1S/C14H13BrFNO3S/c1-9-2-3-10(8-18)6-14(9)21(19,20)17-11-4-5-13(16)12(15)7-11/h2-7,17-18H,8H2,1H3. The van der Waals surface area contributed by atoms with E-state index in [0.717, 1.165) is 0 Å². The maximum Gasteiger partial charge on any atom is 0.262 e. The van der Waals surface area contributed by atoms with Crippen LogP contribution in [0.2, 0.25) is 0 Å². The molecule has 0 amide bonds. The van der Waals surface area contributed by atoms with Crippen LogP contribution in [-0.4, -0.2) is 13.5 Å². The van der Waals surface area contributed by atoms with Crippen LogP contribution in [0.15, 0.2) is 45.8 Å². The summed E-state index contributed by atoms with van der Waals surface area (Å²) in [5.74, 6) is -0.476. The van der Waals surface area contributed by atoms with Gasteiger partial charge in [-0.25, -0.2) is 12.8 Å². The minimum Gasteiger partial charge on any atom is -0.392 e. The number of benzene rings is 2. The van der Waals surface area contributed by atoms with Crippen molar-refractivity contribution < 1.29 is 17.9 Å². The molecule has 0 atom stereocenters. The fourth-order valence-corrected chi connectivity index (χ4v) is 3.53. The second-order valence-corrected chi connectivity index (χ2v) is 7.00. The van der Waals surface area contributed by atoms with Gasteiger partial charge in [-0.15, -0.1) is 0 Å². The number of hydrogen-bond acceptors (Lipinski definition) is 3. The summed E-state index contributed by atoms with van der Waals surface area (Å²) in [6.45, 7) is 1.42. The molecule has 0 spiro atoms. The lowest BCUT2D eigenvalue weighted by atomic mass is 10.2. The molecule has 0 radical (unpaired) electrons. The number of anilines is 1. The summed E-state index contributed by atoms with van der Waals surface area (Å²) in [5, 5.41) is 9.11. The third-order valence-electron chi connectivity index (χ3n) is 2.90. The van der Waals surface area contributed by atoms with Crippen molar-refractivity contribution >= 4 is 31.6 Å². The Labute approximate surface area is 130 Å². The second-order valence-electron chi connectivity index (χ2n) is 4.49. The monoisotopic (exact) mass is 373 g/mol. The highest BCUT2D eigenvalue weighted by molar-refractivity contribution is 9.10. The summed E-state index contributed by atoms with van der Waals surface area (Å²) >= 11 is 3.00. The molecule has 7 heteroatoms. The van der Waals surface area contributed by atoms with Gasteiger partial charge in [0.2, 0.25) is 0 Å². The van der Waals surface area contributed by atoms with E-state index >= 15 is 0 Å². The van der Waals surface area contributed by atoms with Gasteiger partial charge in [-0.1, -0.05) is 12.1 Å². The predicted octanol–water partition coefficient (Wildman–Crippen LogP) is 3.19. The smallest absolute Gasteiger partial charge is 0.262 e. The molecule has 2 rings (SSSR count). The maximum atomic E-state index is 13.2. The van der Waals surface area contributed by atoms with Gasteiger partial charge >= 0.3 is 0 Å². The first-order chi connectivity index (χ1) is 9.83. The Kier molecular flexibility index (Phi) is 4.65. The van der Waals surface area contributed by atoms with Crippen molar-refractivity contribution in [3.8, 4) is 0 Å². The van der Waals surface area contributed by atoms with E-state index in [2.05, 4.69) is 20.7 Å². The predicted molar refractivity (Wildman–Crippen MR) is 82.0 cm³/mol. The number of hydrogen-bond donors (Lipinski definition) is 2. The highest BCUT2D eigenvalue weighted by atomic mass is 79.9. The zero-order valence-corrected chi connectivity index (χ0v) is 13.5. The van der Waals surface area contributed by atoms with Crippen LogP contribution >= 0.6 is 15.9 Å². The molecule has 0 heterocycles. The minimum atomic E-state index is -3.81. The van der Waals surface area contributed by atoms with E-state index < -0.39 is 15.8 Å². The summed E-state index contributed by atoms with van der Waals surface area (Å²) in [4.78, 5) is 0.0782. The Bertz CT molecular complexity index is 778. The molecule has 4 nitrogen and oxygen atoms in total. The first-order valence-corrected chi connectivity index (χ1v) is 8.29. The number of halogens is 2. The molecular weight excluding hydrogens is 361 g/mol. The van der Waals surface area contributed by atoms with Crippen LogP contribution in [0.4, 0.5) is 10.1 Å². The van der Waals surface area contributed by atoms with Gasteiger partial charge in [-0.05, 0) is 58.2 Å². The molecule has 0 saturated heterocycles. The highest BCUT2D eigenvalue weighted by Crippen LogP contribution is 2.24. The molecule has 112 valence electrons.